The molecule has 2 N–H and O–H groups in total. The van der Waals surface area contributed by atoms with Crippen molar-refractivity contribution in [3.8, 4) is 0 Å². The molecule has 1 rings (SSSR count). The van der Waals surface area contributed by atoms with Crippen molar-refractivity contribution in [3.63, 3.8) is 0 Å². The molecule has 0 aromatic rings. The lowest BCUT2D eigenvalue weighted by atomic mass is 10.1. The lowest BCUT2D eigenvalue weighted by Crippen LogP contribution is -2.43. The van der Waals surface area contributed by atoms with E-state index in [2.05, 4.69) is 10.6 Å². The summed E-state index contributed by atoms with van der Waals surface area (Å²) < 4.78 is 5.36. The Morgan fingerprint density at radius 2 is 1.82 bits per heavy atom. The number of ether oxygens (including phenoxy) is 1. The molecule has 1 unspecified atom stereocenters. The first-order chi connectivity index (χ1) is 9.96. The zero-order valence-electron chi connectivity index (χ0n) is 14.8. The smallest absolute Gasteiger partial charge is 0.410 e. The van der Waals surface area contributed by atoms with Gasteiger partial charge in [-0.3, -0.25) is 4.79 Å². The number of nitrogens with one attached hydrogen (secondary N) is 2. The Morgan fingerprint density at radius 1 is 1.18 bits per heavy atom. The third kappa shape index (κ3) is 7.64. The summed E-state index contributed by atoms with van der Waals surface area (Å²) in [5.41, 5.74) is -0.661. The van der Waals surface area contributed by atoms with E-state index in [1.54, 1.807) is 4.90 Å². The molecule has 22 heavy (non-hydrogen) atoms. The Balaban J connectivity index is 2.25. The topological polar surface area (TPSA) is 70.7 Å². The van der Waals surface area contributed by atoms with Gasteiger partial charge in [-0.25, -0.2) is 4.79 Å². The second-order valence-electron chi connectivity index (χ2n) is 7.91. The number of amides is 2. The quantitative estimate of drug-likeness (QED) is 0.831. The summed E-state index contributed by atoms with van der Waals surface area (Å²) in [6, 6.07) is 0.231. The molecule has 6 nitrogen and oxygen atoms in total. The van der Waals surface area contributed by atoms with E-state index in [-0.39, 0.29) is 23.6 Å². The van der Waals surface area contributed by atoms with E-state index in [0.717, 1.165) is 6.42 Å². The van der Waals surface area contributed by atoms with Crippen LogP contribution in [0.3, 0.4) is 0 Å². The van der Waals surface area contributed by atoms with Crippen LogP contribution in [-0.2, 0) is 9.53 Å². The van der Waals surface area contributed by atoms with Crippen LogP contribution >= 0.6 is 0 Å². The van der Waals surface area contributed by atoms with Crippen molar-refractivity contribution in [1.82, 2.24) is 15.5 Å². The molecular formula is C16H31N3O3. The lowest BCUT2D eigenvalue weighted by molar-refractivity contribution is -0.122. The number of likely N-dealkylation sites (tertiary alicyclic amines) is 1. The van der Waals surface area contributed by atoms with E-state index in [1.165, 1.54) is 0 Å². The fraction of sp³-hybridized carbons (Fsp3) is 0.875. The Bertz CT molecular complexity index is 396. The number of rotatable bonds is 4. The highest BCUT2D eigenvalue weighted by atomic mass is 16.6. The fourth-order valence-corrected chi connectivity index (χ4v) is 2.29. The minimum Gasteiger partial charge on any atom is -0.444 e. The monoisotopic (exact) mass is 313 g/mol. The molecule has 0 radical (unpaired) electrons. The Kier molecular flexibility index (Phi) is 6.23. The van der Waals surface area contributed by atoms with Gasteiger partial charge in [-0.15, -0.1) is 0 Å². The first-order valence-corrected chi connectivity index (χ1v) is 7.98. The van der Waals surface area contributed by atoms with Gasteiger partial charge in [-0.1, -0.05) is 0 Å². The Labute approximate surface area is 134 Å². The van der Waals surface area contributed by atoms with Crippen LogP contribution in [-0.4, -0.2) is 53.7 Å². The molecule has 0 aromatic heterocycles. The van der Waals surface area contributed by atoms with Crippen molar-refractivity contribution in [3.05, 3.63) is 0 Å². The van der Waals surface area contributed by atoms with Crippen LogP contribution in [0.2, 0.25) is 0 Å². The number of nitrogens with zero attached hydrogens (tertiary/aromatic N) is 1. The van der Waals surface area contributed by atoms with Gasteiger partial charge in [-0.2, -0.15) is 0 Å². The molecule has 2 amide bonds. The third-order valence-corrected chi connectivity index (χ3v) is 3.14. The first-order valence-electron chi connectivity index (χ1n) is 7.98. The van der Waals surface area contributed by atoms with Crippen LogP contribution in [0, 0.1) is 0 Å². The van der Waals surface area contributed by atoms with E-state index in [4.69, 9.17) is 4.74 Å². The Hall–Kier alpha value is -1.30. The van der Waals surface area contributed by atoms with Gasteiger partial charge in [0.2, 0.25) is 5.91 Å². The summed E-state index contributed by atoms with van der Waals surface area (Å²) in [6.45, 7) is 13.4. The molecule has 1 aliphatic heterocycles. The summed E-state index contributed by atoms with van der Waals surface area (Å²) in [5.74, 6) is 0.0435. The highest BCUT2D eigenvalue weighted by Gasteiger charge is 2.29. The van der Waals surface area contributed by atoms with Gasteiger partial charge in [0.05, 0.1) is 0 Å². The van der Waals surface area contributed by atoms with Crippen molar-refractivity contribution >= 4 is 12.0 Å². The molecule has 1 aliphatic rings. The number of hydrogen-bond donors (Lipinski definition) is 2. The van der Waals surface area contributed by atoms with Crippen molar-refractivity contribution in [2.75, 3.05) is 19.6 Å². The molecule has 0 aliphatic carbocycles. The van der Waals surface area contributed by atoms with Crippen LogP contribution < -0.4 is 10.6 Å². The van der Waals surface area contributed by atoms with Crippen molar-refractivity contribution in [2.45, 2.75) is 71.6 Å². The molecule has 6 heteroatoms. The fourth-order valence-electron chi connectivity index (χ4n) is 2.29. The average Bonchev–Trinajstić information content (AvgIpc) is 2.72. The SMILES string of the molecule is CC(C)(C)NC(=O)CCNC1CCN(C(=O)OC(C)(C)C)C1. The highest BCUT2D eigenvalue weighted by molar-refractivity contribution is 5.76. The zero-order chi connectivity index (χ0) is 17.0. The lowest BCUT2D eigenvalue weighted by Gasteiger charge is -2.24. The van der Waals surface area contributed by atoms with E-state index in [9.17, 15) is 9.59 Å². The molecule has 0 spiro atoms. The van der Waals surface area contributed by atoms with E-state index >= 15 is 0 Å². The van der Waals surface area contributed by atoms with Gasteiger partial charge < -0.3 is 20.3 Å². The summed E-state index contributed by atoms with van der Waals surface area (Å²) in [6.07, 6.45) is 1.07. The van der Waals surface area contributed by atoms with Crippen LogP contribution in [0.4, 0.5) is 4.79 Å². The predicted molar refractivity (Wildman–Crippen MR) is 86.7 cm³/mol. The van der Waals surface area contributed by atoms with E-state index in [1.807, 2.05) is 41.5 Å². The van der Waals surface area contributed by atoms with Gasteiger partial charge in [0.1, 0.15) is 5.60 Å². The third-order valence-electron chi connectivity index (χ3n) is 3.14. The molecule has 128 valence electrons. The largest absolute Gasteiger partial charge is 0.444 e. The van der Waals surface area contributed by atoms with Gasteiger partial charge in [0.25, 0.3) is 0 Å². The van der Waals surface area contributed by atoms with Gasteiger partial charge in [0, 0.05) is 37.6 Å². The minimum absolute atomic E-state index is 0.0435. The second kappa shape index (κ2) is 7.31. The highest BCUT2D eigenvalue weighted by Crippen LogP contribution is 2.15. The second-order valence-corrected chi connectivity index (χ2v) is 7.91. The average molecular weight is 313 g/mol. The molecule has 1 atom stereocenters. The summed E-state index contributed by atoms with van der Waals surface area (Å²) in [7, 11) is 0. The molecular weight excluding hydrogens is 282 g/mol. The maximum absolute atomic E-state index is 12.0. The number of carbonyl (C=O) groups is 2. The van der Waals surface area contributed by atoms with Crippen molar-refractivity contribution < 1.29 is 14.3 Å². The molecule has 0 saturated carbocycles. The van der Waals surface area contributed by atoms with Crippen molar-refractivity contribution in [1.29, 1.82) is 0 Å². The standard InChI is InChI=1S/C16H31N3O3/c1-15(2,3)18-13(20)7-9-17-12-8-10-19(11-12)14(21)22-16(4,5)6/h12,17H,7-11H2,1-6H3,(H,18,20). The van der Waals surface area contributed by atoms with E-state index in [0.29, 0.717) is 26.1 Å². The van der Waals surface area contributed by atoms with Gasteiger partial charge in [-0.05, 0) is 48.0 Å². The van der Waals surface area contributed by atoms with Gasteiger partial charge >= 0.3 is 6.09 Å². The summed E-state index contributed by atoms with van der Waals surface area (Å²) in [4.78, 5) is 25.4. The molecule has 1 heterocycles. The summed E-state index contributed by atoms with van der Waals surface area (Å²) >= 11 is 0. The minimum atomic E-state index is -0.465. The number of carbonyl (C=O) groups excluding carboxylic acids is 2. The van der Waals surface area contributed by atoms with Crippen LogP contribution in [0.15, 0.2) is 0 Å². The maximum atomic E-state index is 12.0. The molecule has 1 saturated heterocycles. The first kappa shape index (κ1) is 18.7. The van der Waals surface area contributed by atoms with Crippen LogP contribution in [0.5, 0.6) is 0 Å². The maximum Gasteiger partial charge on any atom is 0.410 e. The van der Waals surface area contributed by atoms with Crippen LogP contribution in [0.1, 0.15) is 54.4 Å². The number of hydrogen-bond acceptors (Lipinski definition) is 4. The van der Waals surface area contributed by atoms with Crippen molar-refractivity contribution in [2.24, 2.45) is 0 Å². The predicted octanol–water partition coefficient (Wildman–Crippen LogP) is 1.89. The van der Waals surface area contributed by atoms with Crippen LogP contribution in [0.25, 0.3) is 0 Å². The molecule has 0 aromatic carbocycles. The Morgan fingerprint density at radius 3 is 2.36 bits per heavy atom. The summed E-state index contributed by atoms with van der Waals surface area (Å²) in [5, 5.41) is 6.27. The zero-order valence-corrected chi connectivity index (χ0v) is 14.8. The normalized spacial score (nSPS) is 19.2. The molecule has 1 fully saturated rings. The van der Waals surface area contributed by atoms with Gasteiger partial charge in [0.15, 0.2) is 0 Å². The molecule has 0 bridgehead atoms. The van der Waals surface area contributed by atoms with E-state index < -0.39 is 5.60 Å².